The number of alkyl halides is 3. The fourth-order valence-electron chi connectivity index (χ4n) is 1.93. The van der Waals surface area contributed by atoms with Gasteiger partial charge in [0.15, 0.2) is 0 Å². The Bertz CT molecular complexity index is 540. The van der Waals surface area contributed by atoms with E-state index in [0.717, 1.165) is 17.3 Å². The van der Waals surface area contributed by atoms with E-state index in [1.807, 2.05) is 11.6 Å². The van der Waals surface area contributed by atoms with Gasteiger partial charge in [-0.25, -0.2) is 0 Å². The molecular formula is C12H13F3N2. The lowest BCUT2D eigenvalue weighted by Crippen LogP contribution is -2.08. The van der Waals surface area contributed by atoms with Gasteiger partial charge in [0, 0.05) is 30.2 Å². The molecule has 2 rings (SSSR count). The van der Waals surface area contributed by atoms with Crippen LogP contribution in [0.2, 0.25) is 0 Å². The maximum Gasteiger partial charge on any atom is 0.416 e. The molecule has 2 aromatic rings. The van der Waals surface area contributed by atoms with Crippen molar-refractivity contribution >= 4 is 10.9 Å². The molecule has 2 nitrogen and oxygen atoms in total. The first-order valence-electron chi connectivity index (χ1n) is 5.23. The van der Waals surface area contributed by atoms with Crippen molar-refractivity contribution in [2.45, 2.75) is 12.7 Å². The van der Waals surface area contributed by atoms with Gasteiger partial charge >= 0.3 is 6.18 Å². The molecule has 0 atom stereocenters. The van der Waals surface area contributed by atoms with Crippen molar-refractivity contribution in [1.29, 1.82) is 0 Å². The van der Waals surface area contributed by atoms with Crippen LogP contribution in [0.3, 0.4) is 0 Å². The highest BCUT2D eigenvalue weighted by Crippen LogP contribution is 2.32. The standard InChI is InChI=1S/C12H13F3N2/c1-16-7-10-6-8-5-9(12(13,14)15)3-4-11(8)17(10)2/h3-6,16H,7H2,1-2H3. The van der Waals surface area contributed by atoms with Crippen LogP contribution in [0.15, 0.2) is 24.3 Å². The molecule has 0 radical (unpaired) electrons. The summed E-state index contributed by atoms with van der Waals surface area (Å²) < 4.78 is 39.6. The van der Waals surface area contributed by atoms with E-state index < -0.39 is 11.7 Å². The number of aryl methyl sites for hydroxylation is 1. The Labute approximate surface area is 97.0 Å². The van der Waals surface area contributed by atoms with Gasteiger partial charge in [0.1, 0.15) is 0 Å². The van der Waals surface area contributed by atoms with E-state index in [0.29, 0.717) is 11.9 Å². The number of nitrogens with zero attached hydrogens (tertiary/aromatic N) is 1. The number of benzene rings is 1. The molecule has 1 heterocycles. The highest BCUT2D eigenvalue weighted by atomic mass is 19.4. The van der Waals surface area contributed by atoms with Gasteiger partial charge < -0.3 is 9.88 Å². The van der Waals surface area contributed by atoms with Crippen LogP contribution in [0.1, 0.15) is 11.3 Å². The minimum absolute atomic E-state index is 0.605. The van der Waals surface area contributed by atoms with Gasteiger partial charge in [-0.3, -0.25) is 0 Å². The third-order valence-electron chi connectivity index (χ3n) is 2.83. The third kappa shape index (κ3) is 2.15. The molecule has 92 valence electrons. The first-order chi connectivity index (χ1) is 7.93. The van der Waals surface area contributed by atoms with Gasteiger partial charge in [0.25, 0.3) is 0 Å². The maximum atomic E-state index is 12.6. The smallest absolute Gasteiger partial charge is 0.346 e. The van der Waals surface area contributed by atoms with Crippen molar-refractivity contribution in [3.8, 4) is 0 Å². The molecule has 17 heavy (non-hydrogen) atoms. The van der Waals surface area contributed by atoms with E-state index in [2.05, 4.69) is 5.32 Å². The molecule has 0 aliphatic heterocycles. The second-order valence-electron chi connectivity index (χ2n) is 4.00. The molecule has 0 aliphatic carbocycles. The molecule has 5 heteroatoms. The fourth-order valence-corrected chi connectivity index (χ4v) is 1.93. The molecule has 0 unspecified atom stereocenters. The van der Waals surface area contributed by atoms with Crippen LogP contribution < -0.4 is 5.32 Å². The van der Waals surface area contributed by atoms with Crippen molar-refractivity contribution < 1.29 is 13.2 Å². The van der Waals surface area contributed by atoms with Crippen LogP contribution in [0.5, 0.6) is 0 Å². The largest absolute Gasteiger partial charge is 0.416 e. The molecular weight excluding hydrogens is 229 g/mol. The summed E-state index contributed by atoms with van der Waals surface area (Å²) in [4.78, 5) is 0. The van der Waals surface area contributed by atoms with E-state index >= 15 is 0 Å². The molecule has 1 aromatic heterocycles. The zero-order valence-electron chi connectivity index (χ0n) is 9.60. The van der Waals surface area contributed by atoms with E-state index in [4.69, 9.17) is 0 Å². The second kappa shape index (κ2) is 4.07. The van der Waals surface area contributed by atoms with Crippen molar-refractivity contribution in [3.05, 3.63) is 35.5 Å². The molecule has 1 aromatic carbocycles. The Kier molecular flexibility index (Phi) is 2.87. The molecule has 0 aliphatic rings. The van der Waals surface area contributed by atoms with E-state index in [1.54, 1.807) is 13.1 Å². The number of hydrogen-bond acceptors (Lipinski definition) is 1. The zero-order chi connectivity index (χ0) is 12.6. The lowest BCUT2D eigenvalue weighted by atomic mass is 10.1. The van der Waals surface area contributed by atoms with Gasteiger partial charge in [-0.1, -0.05) is 0 Å². The Morgan fingerprint density at radius 1 is 1.24 bits per heavy atom. The average molecular weight is 242 g/mol. The normalized spacial score (nSPS) is 12.3. The fraction of sp³-hybridized carbons (Fsp3) is 0.333. The Hall–Kier alpha value is -1.49. The summed E-state index contributed by atoms with van der Waals surface area (Å²) in [6.07, 6.45) is -4.28. The van der Waals surface area contributed by atoms with Crippen LogP contribution in [-0.4, -0.2) is 11.6 Å². The van der Waals surface area contributed by atoms with Gasteiger partial charge in [-0.15, -0.1) is 0 Å². The van der Waals surface area contributed by atoms with Crippen molar-refractivity contribution in [2.75, 3.05) is 7.05 Å². The summed E-state index contributed by atoms with van der Waals surface area (Å²) in [6.45, 7) is 0.631. The number of hydrogen-bond donors (Lipinski definition) is 1. The Balaban J connectivity index is 2.56. The molecule has 0 saturated heterocycles. The molecule has 0 amide bonds. The van der Waals surface area contributed by atoms with Crippen molar-refractivity contribution in [1.82, 2.24) is 9.88 Å². The van der Waals surface area contributed by atoms with Crippen LogP contribution in [0.25, 0.3) is 10.9 Å². The highest BCUT2D eigenvalue weighted by molar-refractivity contribution is 5.82. The number of aromatic nitrogens is 1. The number of fused-ring (bicyclic) bond motifs is 1. The minimum Gasteiger partial charge on any atom is -0.346 e. The molecule has 0 saturated carbocycles. The minimum atomic E-state index is -4.28. The van der Waals surface area contributed by atoms with Gasteiger partial charge in [0.2, 0.25) is 0 Å². The maximum absolute atomic E-state index is 12.6. The van der Waals surface area contributed by atoms with Gasteiger partial charge in [0.05, 0.1) is 5.56 Å². The lowest BCUT2D eigenvalue weighted by molar-refractivity contribution is -0.137. The topological polar surface area (TPSA) is 17.0 Å². The molecule has 0 bridgehead atoms. The number of nitrogens with one attached hydrogen (secondary N) is 1. The van der Waals surface area contributed by atoms with Gasteiger partial charge in [-0.05, 0) is 31.3 Å². The number of rotatable bonds is 2. The summed E-state index contributed by atoms with van der Waals surface area (Å²) in [7, 11) is 3.65. The molecule has 1 N–H and O–H groups in total. The van der Waals surface area contributed by atoms with Crippen molar-refractivity contribution in [2.24, 2.45) is 7.05 Å². The quantitative estimate of drug-likeness (QED) is 0.856. The predicted octanol–water partition coefficient (Wildman–Crippen LogP) is 2.92. The summed E-state index contributed by atoms with van der Waals surface area (Å²) in [5, 5.41) is 3.61. The number of halogens is 3. The summed E-state index contributed by atoms with van der Waals surface area (Å²) in [5.74, 6) is 0. The predicted molar refractivity (Wildman–Crippen MR) is 60.7 cm³/mol. The SMILES string of the molecule is CNCc1cc2cc(C(F)(F)F)ccc2n1C. The van der Waals surface area contributed by atoms with Crippen LogP contribution >= 0.6 is 0 Å². The molecule has 0 spiro atoms. The first-order valence-corrected chi connectivity index (χ1v) is 5.23. The third-order valence-corrected chi connectivity index (χ3v) is 2.83. The summed E-state index contributed by atoms with van der Waals surface area (Å²) in [5.41, 5.74) is 1.16. The van der Waals surface area contributed by atoms with E-state index in [1.165, 1.54) is 12.1 Å². The van der Waals surface area contributed by atoms with Crippen LogP contribution in [0.4, 0.5) is 13.2 Å². The summed E-state index contributed by atoms with van der Waals surface area (Å²) >= 11 is 0. The second-order valence-corrected chi connectivity index (χ2v) is 4.00. The first kappa shape index (κ1) is 12.0. The summed E-state index contributed by atoms with van der Waals surface area (Å²) in [6, 6.07) is 5.60. The zero-order valence-corrected chi connectivity index (χ0v) is 9.60. The van der Waals surface area contributed by atoms with Crippen molar-refractivity contribution in [3.63, 3.8) is 0 Å². The Morgan fingerprint density at radius 2 is 1.94 bits per heavy atom. The Morgan fingerprint density at radius 3 is 2.53 bits per heavy atom. The van der Waals surface area contributed by atoms with E-state index in [9.17, 15) is 13.2 Å². The van der Waals surface area contributed by atoms with Crippen LogP contribution in [-0.2, 0) is 19.8 Å². The average Bonchev–Trinajstić information content (AvgIpc) is 2.55. The van der Waals surface area contributed by atoms with Gasteiger partial charge in [-0.2, -0.15) is 13.2 Å². The monoisotopic (exact) mass is 242 g/mol. The molecule has 0 fully saturated rings. The highest BCUT2D eigenvalue weighted by Gasteiger charge is 2.30. The van der Waals surface area contributed by atoms with E-state index in [-0.39, 0.29) is 0 Å². The van der Waals surface area contributed by atoms with Crippen LogP contribution in [0, 0.1) is 0 Å². The lowest BCUT2D eigenvalue weighted by Gasteiger charge is -2.06.